The molecule has 0 spiro atoms. The Balaban J connectivity index is 2.31. The Bertz CT molecular complexity index is 414. The first-order valence-corrected chi connectivity index (χ1v) is 8.56. The lowest BCUT2D eigenvalue weighted by molar-refractivity contribution is -0.150. The highest BCUT2D eigenvalue weighted by molar-refractivity contribution is 7.99. The Morgan fingerprint density at radius 1 is 1.33 bits per heavy atom. The lowest BCUT2D eigenvalue weighted by atomic mass is 9.95. The number of thioether (sulfide) groups is 1. The van der Waals surface area contributed by atoms with Crippen LogP contribution >= 0.6 is 11.8 Å². The van der Waals surface area contributed by atoms with E-state index in [1.54, 1.807) is 0 Å². The molecular formula is C16H26N2O2S. The minimum Gasteiger partial charge on any atom is -0.465 e. The molecule has 1 aromatic heterocycles. The number of aromatic nitrogens is 1. The molecule has 0 aliphatic carbocycles. The Kier molecular flexibility index (Phi) is 8.38. The monoisotopic (exact) mass is 310 g/mol. The molecule has 0 amide bonds. The first-order valence-electron chi connectivity index (χ1n) is 7.57. The van der Waals surface area contributed by atoms with Crippen molar-refractivity contribution in [3.8, 4) is 0 Å². The zero-order valence-corrected chi connectivity index (χ0v) is 14.0. The molecule has 0 bridgehead atoms. The van der Waals surface area contributed by atoms with Crippen LogP contribution < -0.4 is 5.32 Å². The molecule has 0 fully saturated rings. The van der Waals surface area contributed by atoms with Crippen LogP contribution in [0.2, 0.25) is 0 Å². The molecule has 1 rings (SSSR count). The Morgan fingerprint density at radius 3 is 2.67 bits per heavy atom. The van der Waals surface area contributed by atoms with Crippen LogP contribution in [0.3, 0.4) is 0 Å². The molecule has 4 nitrogen and oxygen atoms in total. The maximum Gasteiger partial charge on any atom is 0.326 e. The second-order valence-electron chi connectivity index (χ2n) is 5.07. The van der Waals surface area contributed by atoms with E-state index in [9.17, 15) is 4.79 Å². The average molecular weight is 310 g/mol. The molecule has 1 atom stereocenters. The van der Waals surface area contributed by atoms with E-state index in [4.69, 9.17) is 4.74 Å². The van der Waals surface area contributed by atoms with Crippen LogP contribution in [0.25, 0.3) is 0 Å². The summed E-state index contributed by atoms with van der Waals surface area (Å²) in [6, 6.07) is 4.04. The van der Waals surface area contributed by atoms with Crippen LogP contribution in [0.1, 0.15) is 40.0 Å². The summed E-state index contributed by atoms with van der Waals surface area (Å²) < 4.78 is 5.17. The fraction of sp³-hybridized carbons (Fsp3) is 0.625. The molecule has 118 valence electrons. The van der Waals surface area contributed by atoms with Crippen LogP contribution in [0.5, 0.6) is 0 Å². The van der Waals surface area contributed by atoms with E-state index >= 15 is 0 Å². The number of likely N-dealkylation sites (N-methyl/N-ethyl adjacent to an activating group) is 1. The number of ether oxygens (including phenoxy) is 1. The molecule has 0 radical (unpaired) electrons. The van der Waals surface area contributed by atoms with Crippen molar-refractivity contribution in [2.45, 2.75) is 50.5 Å². The van der Waals surface area contributed by atoms with E-state index in [2.05, 4.69) is 10.3 Å². The number of carbonyl (C=O) groups is 1. The Morgan fingerprint density at radius 2 is 2.05 bits per heavy atom. The summed E-state index contributed by atoms with van der Waals surface area (Å²) in [6.07, 6.45) is 6.50. The summed E-state index contributed by atoms with van der Waals surface area (Å²) in [6.45, 7) is 6.98. The van der Waals surface area contributed by atoms with Gasteiger partial charge in [0.05, 0.1) is 6.61 Å². The quantitative estimate of drug-likeness (QED) is 0.408. The van der Waals surface area contributed by atoms with Crippen molar-refractivity contribution in [1.29, 1.82) is 0 Å². The number of hydrogen-bond acceptors (Lipinski definition) is 5. The zero-order chi connectivity index (χ0) is 15.6. The molecule has 21 heavy (non-hydrogen) atoms. The van der Waals surface area contributed by atoms with E-state index in [0.717, 1.165) is 31.6 Å². The van der Waals surface area contributed by atoms with Crippen molar-refractivity contribution in [3.05, 3.63) is 24.5 Å². The molecule has 0 aromatic carbocycles. The molecule has 5 heteroatoms. The van der Waals surface area contributed by atoms with Crippen molar-refractivity contribution in [3.63, 3.8) is 0 Å². The molecule has 0 aliphatic heterocycles. The molecule has 1 heterocycles. The summed E-state index contributed by atoms with van der Waals surface area (Å²) in [5, 5.41) is 3.26. The first kappa shape index (κ1) is 18.0. The van der Waals surface area contributed by atoms with Crippen molar-refractivity contribution in [2.75, 3.05) is 18.9 Å². The van der Waals surface area contributed by atoms with E-state index in [0.29, 0.717) is 6.61 Å². The molecular weight excluding hydrogens is 284 g/mol. The van der Waals surface area contributed by atoms with Gasteiger partial charge in [-0.15, -0.1) is 11.8 Å². The molecule has 1 unspecified atom stereocenters. The van der Waals surface area contributed by atoms with Crippen molar-refractivity contribution >= 4 is 17.7 Å². The molecule has 0 saturated heterocycles. The zero-order valence-electron chi connectivity index (χ0n) is 13.2. The fourth-order valence-electron chi connectivity index (χ4n) is 2.15. The number of rotatable bonds is 10. The predicted octanol–water partition coefficient (Wildman–Crippen LogP) is 3.28. The minimum atomic E-state index is -0.563. The summed E-state index contributed by atoms with van der Waals surface area (Å²) in [5.41, 5.74) is -0.563. The third kappa shape index (κ3) is 6.48. The third-order valence-electron chi connectivity index (χ3n) is 3.28. The molecule has 1 aromatic rings. The summed E-state index contributed by atoms with van der Waals surface area (Å²) >= 11 is 1.83. The highest BCUT2D eigenvalue weighted by Crippen LogP contribution is 2.21. The van der Waals surface area contributed by atoms with Crippen LogP contribution in [0.15, 0.2) is 29.4 Å². The summed E-state index contributed by atoms with van der Waals surface area (Å²) in [4.78, 5) is 17.3. The lowest BCUT2D eigenvalue weighted by Gasteiger charge is -2.28. The smallest absolute Gasteiger partial charge is 0.326 e. The molecule has 1 N–H and O–H groups in total. The largest absolute Gasteiger partial charge is 0.465 e. The van der Waals surface area contributed by atoms with Gasteiger partial charge in [-0.2, -0.15) is 0 Å². The van der Waals surface area contributed by atoms with Gasteiger partial charge in [0.15, 0.2) is 0 Å². The van der Waals surface area contributed by atoms with Gasteiger partial charge in [0.2, 0.25) is 0 Å². The van der Waals surface area contributed by atoms with Gasteiger partial charge in [-0.25, -0.2) is 0 Å². The summed E-state index contributed by atoms with van der Waals surface area (Å²) in [5.74, 6) is 0.906. The number of nitrogens with zero attached hydrogens (tertiary/aromatic N) is 1. The lowest BCUT2D eigenvalue weighted by Crippen LogP contribution is -2.50. The van der Waals surface area contributed by atoms with Crippen molar-refractivity contribution < 1.29 is 9.53 Å². The van der Waals surface area contributed by atoms with E-state index < -0.39 is 5.54 Å². The van der Waals surface area contributed by atoms with E-state index in [-0.39, 0.29) is 5.97 Å². The normalized spacial score (nSPS) is 13.7. The first-order chi connectivity index (χ1) is 10.1. The highest BCUT2D eigenvalue weighted by Gasteiger charge is 2.32. The van der Waals surface area contributed by atoms with Crippen LogP contribution in [0.4, 0.5) is 0 Å². The van der Waals surface area contributed by atoms with Gasteiger partial charge in [-0.3, -0.25) is 9.78 Å². The van der Waals surface area contributed by atoms with Crippen LogP contribution in [0, 0.1) is 0 Å². The summed E-state index contributed by atoms with van der Waals surface area (Å²) in [7, 11) is 0. The van der Waals surface area contributed by atoms with E-state index in [1.165, 1.54) is 4.90 Å². The van der Waals surface area contributed by atoms with Crippen molar-refractivity contribution in [2.24, 2.45) is 0 Å². The Hall–Kier alpha value is -1.07. The standard InChI is InChI=1S/C16H26N2O2S/c1-4-18-16(3,15(19)20-5-2)10-6-7-13-21-14-8-11-17-12-9-14/h8-9,11-12,18H,4-7,10,13H2,1-3H3. The SMILES string of the molecule is CCNC(C)(CCCCSc1ccncc1)C(=O)OCC. The minimum absolute atomic E-state index is 0.145. The van der Waals surface area contributed by atoms with Gasteiger partial charge in [0.1, 0.15) is 5.54 Å². The van der Waals surface area contributed by atoms with Gasteiger partial charge < -0.3 is 10.1 Å². The number of nitrogens with one attached hydrogen (secondary N) is 1. The van der Waals surface area contributed by atoms with Gasteiger partial charge in [-0.1, -0.05) is 13.3 Å². The van der Waals surface area contributed by atoms with Gasteiger partial charge >= 0.3 is 5.97 Å². The number of carbonyl (C=O) groups excluding carboxylic acids is 1. The van der Waals surface area contributed by atoms with Gasteiger partial charge in [0.25, 0.3) is 0 Å². The number of unbranched alkanes of at least 4 members (excludes halogenated alkanes) is 1. The fourth-order valence-corrected chi connectivity index (χ4v) is 3.05. The third-order valence-corrected chi connectivity index (χ3v) is 4.38. The van der Waals surface area contributed by atoms with Gasteiger partial charge in [-0.05, 0) is 51.1 Å². The number of hydrogen-bond donors (Lipinski definition) is 1. The maximum absolute atomic E-state index is 12.0. The van der Waals surface area contributed by atoms with E-state index in [1.807, 2.05) is 57.1 Å². The second kappa shape index (κ2) is 9.79. The predicted molar refractivity (Wildman–Crippen MR) is 87.5 cm³/mol. The highest BCUT2D eigenvalue weighted by atomic mass is 32.2. The van der Waals surface area contributed by atoms with Crippen LogP contribution in [-0.2, 0) is 9.53 Å². The van der Waals surface area contributed by atoms with Gasteiger partial charge in [0, 0.05) is 17.3 Å². The second-order valence-corrected chi connectivity index (χ2v) is 6.24. The molecule has 0 saturated carbocycles. The maximum atomic E-state index is 12.0. The Labute approximate surface area is 132 Å². The average Bonchev–Trinajstić information content (AvgIpc) is 2.48. The number of pyridine rings is 1. The van der Waals surface area contributed by atoms with Crippen LogP contribution in [-0.4, -0.2) is 35.4 Å². The number of esters is 1. The topological polar surface area (TPSA) is 51.2 Å². The van der Waals surface area contributed by atoms with Crippen molar-refractivity contribution in [1.82, 2.24) is 10.3 Å². The molecule has 0 aliphatic rings.